The van der Waals surface area contributed by atoms with Crippen LogP contribution in [0.5, 0.6) is 0 Å². The average Bonchev–Trinajstić information content (AvgIpc) is 2.53. The number of nitrogen functional groups attached to an aromatic ring is 1. The van der Waals surface area contributed by atoms with Crippen molar-refractivity contribution in [1.82, 2.24) is 15.0 Å². The number of anilines is 1. The third-order valence-electron chi connectivity index (χ3n) is 1.72. The van der Waals surface area contributed by atoms with Gasteiger partial charge in [-0.3, -0.25) is 0 Å². The van der Waals surface area contributed by atoms with Crippen LogP contribution in [-0.2, 0) is 6.54 Å². The Bertz CT molecular complexity index is 380. The fraction of sp³-hybridized carbons (Fsp3) is 0.111. The maximum Gasteiger partial charge on any atom is 0.165 e. The molecule has 13 heavy (non-hydrogen) atoms. The van der Waals surface area contributed by atoms with Crippen LogP contribution in [0.4, 0.5) is 5.82 Å². The molecule has 0 saturated heterocycles. The lowest BCUT2D eigenvalue weighted by Crippen LogP contribution is -2.03. The van der Waals surface area contributed by atoms with Crippen molar-refractivity contribution in [2.24, 2.45) is 0 Å². The summed E-state index contributed by atoms with van der Waals surface area (Å²) in [5.41, 5.74) is 6.60. The number of nitrogens with two attached hydrogens (primary N) is 1. The van der Waals surface area contributed by atoms with Gasteiger partial charge in [0.1, 0.15) is 0 Å². The van der Waals surface area contributed by atoms with Crippen LogP contribution in [-0.4, -0.2) is 15.0 Å². The van der Waals surface area contributed by atoms with Gasteiger partial charge < -0.3 is 5.73 Å². The molecule has 4 heteroatoms. The second-order valence-electron chi connectivity index (χ2n) is 2.79. The molecule has 0 saturated carbocycles. The van der Waals surface area contributed by atoms with Crippen molar-refractivity contribution in [3.63, 3.8) is 0 Å². The fourth-order valence-corrected chi connectivity index (χ4v) is 1.13. The van der Waals surface area contributed by atoms with E-state index in [1.807, 2.05) is 30.3 Å². The largest absolute Gasteiger partial charge is 0.381 e. The molecule has 4 nitrogen and oxygen atoms in total. The smallest absolute Gasteiger partial charge is 0.165 e. The zero-order valence-corrected chi connectivity index (χ0v) is 7.09. The molecule has 0 aliphatic rings. The van der Waals surface area contributed by atoms with Gasteiger partial charge >= 0.3 is 0 Å². The minimum atomic E-state index is 0.455. The van der Waals surface area contributed by atoms with Gasteiger partial charge in [0, 0.05) is 0 Å². The summed E-state index contributed by atoms with van der Waals surface area (Å²) in [5.74, 6) is 0.455. The summed E-state index contributed by atoms with van der Waals surface area (Å²) in [6, 6.07) is 10.0. The molecule has 0 aliphatic heterocycles. The van der Waals surface area contributed by atoms with Gasteiger partial charge in [0.25, 0.3) is 0 Å². The Morgan fingerprint density at radius 3 is 2.62 bits per heavy atom. The van der Waals surface area contributed by atoms with E-state index in [2.05, 4.69) is 10.2 Å². The summed E-state index contributed by atoms with van der Waals surface area (Å²) in [7, 11) is 0. The third-order valence-corrected chi connectivity index (χ3v) is 1.72. The summed E-state index contributed by atoms with van der Waals surface area (Å²) < 4.78 is 0. The summed E-state index contributed by atoms with van der Waals surface area (Å²) >= 11 is 0. The highest BCUT2D eigenvalue weighted by atomic mass is 15.5. The molecule has 0 aliphatic carbocycles. The van der Waals surface area contributed by atoms with Crippen LogP contribution >= 0.6 is 0 Å². The topological polar surface area (TPSA) is 56.7 Å². The average molecular weight is 174 g/mol. The lowest BCUT2D eigenvalue weighted by molar-refractivity contribution is 0.593. The van der Waals surface area contributed by atoms with E-state index in [9.17, 15) is 0 Å². The van der Waals surface area contributed by atoms with Crippen molar-refractivity contribution in [3.05, 3.63) is 42.1 Å². The lowest BCUT2D eigenvalue weighted by atomic mass is 10.2. The number of benzene rings is 1. The maximum atomic E-state index is 5.44. The Hall–Kier alpha value is -1.84. The quantitative estimate of drug-likeness (QED) is 0.736. The van der Waals surface area contributed by atoms with Crippen LogP contribution in [0.1, 0.15) is 5.56 Å². The van der Waals surface area contributed by atoms with Crippen molar-refractivity contribution in [3.8, 4) is 0 Å². The van der Waals surface area contributed by atoms with Gasteiger partial charge in [-0.1, -0.05) is 30.3 Å². The minimum absolute atomic E-state index is 0.455. The second-order valence-corrected chi connectivity index (χ2v) is 2.79. The summed E-state index contributed by atoms with van der Waals surface area (Å²) in [5, 5.41) is 7.98. The predicted octanol–water partition coefficient (Wildman–Crippen LogP) is 0.909. The maximum absolute atomic E-state index is 5.44. The molecule has 0 fully saturated rings. The molecular weight excluding hydrogens is 164 g/mol. The van der Waals surface area contributed by atoms with Crippen molar-refractivity contribution >= 4 is 5.82 Å². The molecule has 1 aromatic carbocycles. The van der Waals surface area contributed by atoms with Crippen molar-refractivity contribution in [2.75, 3.05) is 5.73 Å². The number of rotatable bonds is 2. The van der Waals surface area contributed by atoms with Gasteiger partial charge in [0.15, 0.2) is 5.82 Å². The summed E-state index contributed by atoms with van der Waals surface area (Å²) in [6.07, 6.45) is 1.54. The highest BCUT2D eigenvalue weighted by molar-refractivity contribution is 5.20. The number of nitrogens with zero attached hydrogens (tertiary/aromatic N) is 3. The Morgan fingerprint density at radius 1 is 1.23 bits per heavy atom. The van der Waals surface area contributed by atoms with Crippen LogP contribution in [0.25, 0.3) is 0 Å². The molecular formula is C9H10N4. The van der Waals surface area contributed by atoms with E-state index < -0.39 is 0 Å². The number of aromatic nitrogens is 3. The summed E-state index contributed by atoms with van der Waals surface area (Å²) in [4.78, 5) is 1.57. The van der Waals surface area contributed by atoms with E-state index in [0.717, 1.165) is 5.56 Å². The van der Waals surface area contributed by atoms with E-state index in [0.29, 0.717) is 12.4 Å². The zero-order chi connectivity index (χ0) is 9.10. The molecule has 0 amide bonds. The molecule has 2 aromatic rings. The van der Waals surface area contributed by atoms with Gasteiger partial charge in [-0.15, -0.1) is 5.10 Å². The first-order chi connectivity index (χ1) is 6.34. The highest BCUT2D eigenvalue weighted by Gasteiger charge is 1.96. The third kappa shape index (κ3) is 1.84. The van der Waals surface area contributed by atoms with Gasteiger partial charge in [-0.2, -0.15) is 9.90 Å². The SMILES string of the molecule is Nc1cnn(Cc2ccccc2)n1. The highest BCUT2D eigenvalue weighted by Crippen LogP contribution is 2.00. The number of hydrogen-bond acceptors (Lipinski definition) is 3. The Labute approximate surface area is 76.0 Å². The van der Waals surface area contributed by atoms with Crippen molar-refractivity contribution in [1.29, 1.82) is 0 Å². The van der Waals surface area contributed by atoms with Gasteiger partial charge in [0.05, 0.1) is 12.7 Å². The van der Waals surface area contributed by atoms with Gasteiger partial charge in [-0.05, 0) is 5.56 Å². The fourth-order valence-electron chi connectivity index (χ4n) is 1.13. The Morgan fingerprint density at radius 2 is 2.00 bits per heavy atom. The standard InChI is InChI=1S/C9H10N4/c10-9-6-11-13(12-9)7-8-4-2-1-3-5-8/h1-6H,7H2,(H2,10,12). The lowest BCUT2D eigenvalue weighted by Gasteiger charge is -1.98. The number of hydrogen-bond donors (Lipinski definition) is 1. The normalized spacial score (nSPS) is 10.2. The van der Waals surface area contributed by atoms with Gasteiger partial charge in [-0.25, -0.2) is 0 Å². The molecule has 2 rings (SSSR count). The summed E-state index contributed by atoms with van der Waals surface area (Å²) in [6.45, 7) is 0.665. The van der Waals surface area contributed by atoms with Crippen LogP contribution in [0, 0.1) is 0 Å². The second kappa shape index (κ2) is 3.26. The van der Waals surface area contributed by atoms with E-state index in [1.54, 1.807) is 11.0 Å². The van der Waals surface area contributed by atoms with E-state index >= 15 is 0 Å². The van der Waals surface area contributed by atoms with E-state index in [4.69, 9.17) is 5.73 Å². The Kier molecular flexibility index (Phi) is 1.96. The molecule has 66 valence electrons. The van der Waals surface area contributed by atoms with Crippen molar-refractivity contribution < 1.29 is 0 Å². The van der Waals surface area contributed by atoms with Crippen LogP contribution in [0.15, 0.2) is 36.5 Å². The first-order valence-corrected chi connectivity index (χ1v) is 4.04. The van der Waals surface area contributed by atoms with Crippen LogP contribution in [0.2, 0.25) is 0 Å². The molecule has 2 N–H and O–H groups in total. The molecule has 1 heterocycles. The predicted molar refractivity (Wildman–Crippen MR) is 50.0 cm³/mol. The molecule has 0 unspecified atom stereocenters. The van der Waals surface area contributed by atoms with E-state index in [-0.39, 0.29) is 0 Å². The molecule has 0 atom stereocenters. The van der Waals surface area contributed by atoms with Gasteiger partial charge in [0.2, 0.25) is 0 Å². The Balaban J connectivity index is 2.15. The monoisotopic (exact) mass is 174 g/mol. The first kappa shape index (κ1) is 7.79. The van der Waals surface area contributed by atoms with Crippen molar-refractivity contribution in [2.45, 2.75) is 6.54 Å². The molecule has 0 spiro atoms. The van der Waals surface area contributed by atoms with Crippen LogP contribution in [0.3, 0.4) is 0 Å². The molecule has 0 radical (unpaired) electrons. The minimum Gasteiger partial charge on any atom is -0.381 e. The van der Waals surface area contributed by atoms with E-state index in [1.165, 1.54) is 0 Å². The molecule has 0 bridgehead atoms. The first-order valence-electron chi connectivity index (χ1n) is 4.04. The van der Waals surface area contributed by atoms with Crippen LogP contribution < -0.4 is 5.73 Å². The molecule has 1 aromatic heterocycles. The zero-order valence-electron chi connectivity index (χ0n) is 7.09.